The topological polar surface area (TPSA) is 78.6 Å². The first kappa shape index (κ1) is 20.1. The molecule has 1 aliphatic rings. The van der Waals surface area contributed by atoms with E-state index in [2.05, 4.69) is 22.1 Å². The van der Waals surface area contributed by atoms with Crippen molar-refractivity contribution in [1.82, 2.24) is 15.2 Å². The Morgan fingerprint density at radius 3 is 2.67 bits per heavy atom. The lowest BCUT2D eigenvalue weighted by molar-refractivity contribution is 0.0697. The first-order chi connectivity index (χ1) is 14.6. The summed E-state index contributed by atoms with van der Waals surface area (Å²) in [5, 5.41) is 13.2. The molecule has 154 valence electrons. The molecule has 0 bridgehead atoms. The highest BCUT2D eigenvalue weighted by Crippen LogP contribution is 2.40. The van der Waals surface area contributed by atoms with E-state index in [9.17, 15) is 4.79 Å². The number of nitrogens with zero attached hydrogens (tertiary/aromatic N) is 2. The van der Waals surface area contributed by atoms with Crippen LogP contribution < -0.4 is 5.32 Å². The van der Waals surface area contributed by atoms with Gasteiger partial charge in [-0.2, -0.15) is 0 Å². The normalized spacial score (nSPS) is 18.4. The monoisotopic (exact) mass is 421 g/mol. The molecule has 6 nitrogen and oxygen atoms in total. The van der Waals surface area contributed by atoms with Crippen molar-refractivity contribution in [2.45, 2.75) is 31.8 Å². The van der Waals surface area contributed by atoms with Gasteiger partial charge < -0.3 is 19.7 Å². The fourth-order valence-corrected chi connectivity index (χ4v) is 4.06. The van der Waals surface area contributed by atoms with Crippen molar-refractivity contribution < 1.29 is 14.3 Å². The van der Waals surface area contributed by atoms with Gasteiger partial charge in [0.1, 0.15) is 17.6 Å². The number of aromatic carboxylic acids is 1. The summed E-state index contributed by atoms with van der Waals surface area (Å²) in [6.07, 6.45) is 3.88. The van der Waals surface area contributed by atoms with Crippen LogP contribution in [-0.4, -0.2) is 32.6 Å². The smallest absolute Gasteiger partial charge is 0.335 e. The van der Waals surface area contributed by atoms with Crippen molar-refractivity contribution in [2.24, 2.45) is 0 Å². The third-order valence-corrected chi connectivity index (χ3v) is 5.64. The number of hydrogen-bond donors (Lipinski definition) is 2. The van der Waals surface area contributed by atoms with Gasteiger partial charge in [-0.25, -0.2) is 4.79 Å². The first-order valence-electron chi connectivity index (χ1n) is 10.00. The summed E-state index contributed by atoms with van der Waals surface area (Å²) in [4.78, 5) is 17.8. The molecule has 1 aliphatic heterocycles. The molecule has 0 amide bonds. The second-order valence-electron chi connectivity index (χ2n) is 7.26. The highest BCUT2D eigenvalue weighted by molar-refractivity contribution is 7.80. The van der Waals surface area contributed by atoms with Crippen LogP contribution in [0.2, 0.25) is 0 Å². The molecule has 2 atom stereocenters. The highest BCUT2D eigenvalue weighted by Gasteiger charge is 2.41. The van der Waals surface area contributed by atoms with E-state index < -0.39 is 5.97 Å². The number of unbranched alkanes of at least 4 members (excludes halogenated alkanes) is 1. The van der Waals surface area contributed by atoms with Crippen molar-refractivity contribution >= 4 is 23.3 Å². The Balaban J connectivity index is 1.67. The predicted molar refractivity (Wildman–Crippen MR) is 118 cm³/mol. The van der Waals surface area contributed by atoms with Crippen LogP contribution in [0, 0.1) is 0 Å². The molecule has 30 heavy (non-hydrogen) atoms. The molecule has 1 fully saturated rings. The quantitative estimate of drug-likeness (QED) is 0.530. The number of thiocarbonyl (C=S) groups is 1. The molecule has 0 aliphatic carbocycles. The van der Waals surface area contributed by atoms with Gasteiger partial charge in [0, 0.05) is 18.3 Å². The predicted octanol–water partition coefficient (Wildman–Crippen LogP) is 4.81. The Kier molecular flexibility index (Phi) is 5.81. The zero-order valence-electron chi connectivity index (χ0n) is 16.6. The summed E-state index contributed by atoms with van der Waals surface area (Å²) >= 11 is 5.64. The van der Waals surface area contributed by atoms with E-state index >= 15 is 0 Å². The van der Waals surface area contributed by atoms with E-state index in [4.69, 9.17) is 21.7 Å². The zero-order valence-corrected chi connectivity index (χ0v) is 17.4. The average molecular weight is 422 g/mol. The Morgan fingerprint density at radius 1 is 1.20 bits per heavy atom. The molecule has 0 spiro atoms. The lowest BCUT2D eigenvalue weighted by Crippen LogP contribution is -2.30. The fourth-order valence-electron chi connectivity index (χ4n) is 3.73. The van der Waals surface area contributed by atoms with Gasteiger partial charge in [0.05, 0.1) is 17.3 Å². The third kappa shape index (κ3) is 3.93. The molecular weight excluding hydrogens is 398 g/mol. The van der Waals surface area contributed by atoms with Gasteiger partial charge in [-0.15, -0.1) is 0 Å². The summed E-state index contributed by atoms with van der Waals surface area (Å²) in [6, 6.07) is 16.2. The minimum Gasteiger partial charge on any atom is -0.478 e. The SMILES string of the molecule is CCCCN1C(=S)N[C@H](c2ccccn2)[C@@H]1c1ccc(-c2ccc(C(=O)O)cc2)o1. The van der Waals surface area contributed by atoms with Crippen LogP contribution in [0.15, 0.2) is 65.2 Å². The minimum absolute atomic E-state index is 0.106. The lowest BCUT2D eigenvalue weighted by atomic mass is 10.0. The number of carboxylic acids is 1. The van der Waals surface area contributed by atoms with Gasteiger partial charge in [0.15, 0.2) is 5.11 Å². The second kappa shape index (κ2) is 8.67. The molecule has 0 saturated carbocycles. The van der Waals surface area contributed by atoms with Crippen molar-refractivity contribution in [1.29, 1.82) is 0 Å². The molecule has 3 heterocycles. The van der Waals surface area contributed by atoms with E-state index in [0.29, 0.717) is 10.9 Å². The molecule has 2 aromatic heterocycles. The second-order valence-corrected chi connectivity index (χ2v) is 7.64. The van der Waals surface area contributed by atoms with Gasteiger partial charge in [0.25, 0.3) is 0 Å². The van der Waals surface area contributed by atoms with Gasteiger partial charge in [0.2, 0.25) is 0 Å². The molecule has 0 radical (unpaired) electrons. The van der Waals surface area contributed by atoms with Crippen molar-refractivity contribution in [3.8, 4) is 11.3 Å². The van der Waals surface area contributed by atoms with E-state index in [1.54, 1.807) is 30.5 Å². The number of carboxylic acid groups (broad SMARTS) is 1. The molecule has 1 aromatic carbocycles. The number of carbonyl (C=O) groups is 1. The maximum absolute atomic E-state index is 11.1. The van der Waals surface area contributed by atoms with E-state index in [1.165, 1.54) is 0 Å². The summed E-state index contributed by atoms with van der Waals surface area (Å²) in [5.74, 6) is 0.540. The van der Waals surface area contributed by atoms with Crippen LogP contribution in [-0.2, 0) is 0 Å². The van der Waals surface area contributed by atoms with Crippen LogP contribution in [0.4, 0.5) is 0 Å². The van der Waals surface area contributed by atoms with E-state index in [1.807, 2.05) is 30.3 Å². The van der Waals surface area contributed by atoms with Gasteiger partial charge >= 0.3 is 5.97 Å². The molecule has 1 saturated heterocycles. The van der Waals surface area contributed by atoms with Crippen LogP contribution >= 0.6 is 12.2 Å². The summed E-state index contributed by atoms with van der Waals surface area (Å²) in [7, 11) is 0. The third-order valence-electron chi connectivity index (χ3n) is 5.28. The molecule has 2 N–H and O–H groups in total. The van der Waals surface area contributed by atoms with Crippen molar-refractivity contribution in [2.75, 3.05) is 6.54 Å². The van der Waals surface area contributed by atoms with Crippen molar-refractivity contribution in [3.63, 3.8) is 0 Å². The lowest BCUT2D eigenvalue weighted by Gasteiger charge is -2.25. The fraction of sp³-hybridized carbons (Fsp3) is 0.261. The number of pyridine rings is 1. The molecule has 7 heteroatoms. The average Bonchev–Trinajstić information content (AvgIpc) is 3.37. The zero-order chi connectivity index (χ0) is 21.1. The van der Waals surface area contributed by atoms with Crippen LogP contribution in [0.5, 0.6) is 0 Å². The highest BCUT2D eigenvalue weighted by atomic mass is 32.1. The number of benzene rings is 1. The molecular formula is C23H23N3O3S. The summed E-state index contributed by atoms with van der Waals surface area (Å²) in [5.41, 5.74) is 1.98. The number of rotatable bonds is 7. The maximum Gasteiger partial charge on any atom is 0.335 e. The van der Waals surface area contributed by atoms with Gasteiger partial charge in [-0.05, 0) is 55.0 Å². The minimum atomic E-state index is -0.947. The molecule has 3 aromatic rings. The Hall–Kier alpha value is -3.19. The van der Waals surface area contributed by atoms with Gasteiger partial charge in [-0.3, -0.25) is 4.98 Å². The first-order valence-corrected chi connectivity index (χ1v) is 10.4. The standard InChI is InChI=1S/C23H23N3O3S/c1-2-3-14-26-21(20(25-23(26)30)17-6-4-5-13-24-17)19-12-11-18(29-19)15-7-9-16(10-8-15)22(27)28/h4-13,20-21H,2-3,14H2,1H3,(H,25,30)(H,27,28)/t20-,21+/m1/s1. The van der Waals surface area contributed by atoms with Crippen LogP contribution in [0.3, 0.4) is 0 Å². The number of furan rings is 1. The number of nitrogens with one attached hydrogen (secondary N) is 1. The maximum atomic E-state index is 11.1. The van der Waals surface area contributed by atoms with Crippen LogP contribution in [0.25, 0.3) is 11.3 Å². The summed E-state index contributed by atoms with van der Waals surface area (Å²) in [6.45, 7) is 2.99. The Bertz CT molecular complexity index is 1030. The van der Waals surface area contributed by atoms with Gasteiger partial charge in [-0.1, -0.05) is 31.5 Å². The molecule has 0 unspecified atom stereocenters. The number of aromatic nitrogens is 1. The van der Waals surface area contributed by atoms with Crippen molar-refractivity contribution in [3.05, 3.63) is 77.8 Å². The number of hydrogen-bond acceptors (Lipinski definition) is 4. The summed E-state index contributed by atoms with van der Waals surface area (Å²) < 4.78 is 6.25. The van der Waals surface area contributed by atoms with Crippen LogP contribution in [0.1, 0.15) is 53.7 Å². The largest absolute Gasteiger partial charge is 0.478 e. The Morgan fingerprint density at radius 2 is 2.00 bits per heavy atom. The van der Waals surface area contributed by atoms with E-state index in [-0.39, 0.29) is 17.6 Å². The molecule has 4 rings (SSSR count). The van der Waals surface area contributed by atoms with E-state index in [0.717, 1.165) is 36.4 Å². The Labute approximate surface area is 180 Å².